The number of nitrogens with one attached hydrogen (secondary N) is 1. The summed E-state index contributed by atoms with van der Waals surface area (Å²) in [7, 11) is 0. The lowest BCUT2D eigenvalue weighted by Crippen LogP contribution is -2.89. The number of carbonyl (C=O) groups excluding carboxylic acids is 2. The van der Waals surface area contributed by atoms with Gasteiger partial charge in [0.25, 0.3) is 0 Å². The van der Waals surface area contributed by atoms with E-state index in [2.05, 4.69) is 4.98 Å². The highest BCUT2D eigenvalue weighted by atomic mass is 16.7. The molecule has 0 amide bonds. The molecule has 0 spiro atoms. The molecule has 0 radical (unpaired) electrons. The highest BCUT2D eigenvalue weighted by molar-refractivity contribution is 6.03. The largest absolute Gasteiger partial charge is 0.462 e. The van der Waals surface area contributed by atoms with Crippen LogP contribution in [0.25, 0.3) is 0 Å². The molecule has 1 aromatic heterocycles. The number of Topliss-reactive ketones (excluding diaryl/α,β-unsaturated/α-hetero) is 1. The van der Waals surface area contributed by atoms with Crippen LogP contribution in [0, 0.1) is 13.8 Å². The zero-order chi connectivity index (χ0) is 19.6. The van der Waals surface area contributed by atoms with Gasteiger partial charge in [-0.15, -0.1) is 0 Å². The smallest absolute Gasteiger partial charge is 0.340 e. The van der Waals surface area contributed by atoms with Gasteiger partial charge in [0.2, 0.25) is 12.6 Å². The summed E-state index contributed by atoms with van der Waals surface area (Å²) >= 11 is 0. The number of aryl methyl sites for hydroxylation is 1. The molecular weight excluding hydrogens is 348 g/mol. The van der Waals surface area contributed by atoms with Gasteiger partial charge in [-0.3, -0.25) is 4.79 Å². The van der Waals surface area contributed by atoms with Gasteiger partial charge in [0, 0.05) is 11.3 Å². The molecule has 3 N–H and O–H groups in total. The first-order valence-corrected chi connectivity index (χ1v) is 9.04. The summed E-state index contributed by atoms with van der Waals surface area (Å²) in [5.41, 5.74) is 3.25. The van der Waals surface area contributed by atoms with Gasteiger partial charge in [0.1, 0.15) is 12.6 Å². The van der Waals surface area contributed by atoms with Crippen LogP contribution in [0.15, 0.2) is 18.2 Å². The fraction of sp³-hybridized carbons (Fsp3) is 0.400. The van der Waals surface area contributed by atoms with Gasteiger partial charge < -0.3 is 24.5 Å². The molecular formula is C20H25N2O5+. The lowest BCUT2D eigenvalue weighted by molar-refractivity contribution is -0.687. The molecule has 3 rings (SSSR count). The molecule has 2 heterocycles. The van der Waals surface area contributed by atoms with Crippen molar-refractivity contribution in [1.82, 2.24) is 4.98 Å². The highest BCUT2D eigenvalue weighted by Crippen LogP contribution is 2.32. The Labute approximate surface area is 158 Å². The number of H-pyrrole nitrogens is 1. The van der Waals surface area contributed by atoms with E-state index in [1.165, 1.54) is 0 Å². The molecule has 27 heavy (non-hydrogen) atoms. The third-order valence-corrected chi connectivity index (χ3v) is 4.72. The standard InChI is InChI=1S/C20H24N2O5/c1-5-25-20(24)17-11(2)18(22-12(17)3)19(23)13(4)21-9-14-6-7-15-16(8-14)27-10-26-15/h6-8,13,21-22H,5,9-10H2,1-4H3/p+1/t13-/m0/s1. The first-order valence-electron chi connectivity index (χ1n) is 9.04. The minimum absolute atomic E-state index is 0.0492. The van der Waals surface area contributed by atoms with Crippen molar-refractivity contribution in [3.8, 4) is 11.5 Å². The molecule has 0 bridgehead atoms. The van der Waals surface area contributed by atoms with Gasteiger partial charge in [0.15, 0.2) is 11.5 Å². The van der Waals surface area contributed by atoms with E-state index in [4.69, 9.17) is 14.2 Å². The van der Waals surface area contributed by atoms with E-state index in [0.29, 0.717) is 35.7 Å². The van der Waals surface area contributed by atoms with Gasteiger partial charge in [-0.2, -0.15) is 0 Å². The number of aromatic amines is 1. The predicted molar refractivity (Wildman–Crippen MR) is 98.2 cm³/mol. The number of hydrogen-bond donors (Lipinski definition) is 2. The van der Waals surface area contributed by atoms with Crippen LogP contribution in [0.3, 0.4) is 0 Å². The molecule has 1 atom stereocenters. The molecule has 7 heteroatoms. The molecule has 2 aromatic rings. The Morgan fingerprint density at radius 2 is 2.00 bits per heavy atom. The molecule has 0 saturated carbocycles. The molecule has 7 nitrogen and oxygen atoms in total. The third-order valence-electron chi connectivity index (χ3n) is 4.72. The van der Waals surface area contributed by atoms with Crippen LogP contribution >= 0.6 is 0 Å². The monoisotopic (exact) mass is 373 g/mol. The van der Waals surface area contributed by atoms with E-state index in [-0.39, 0.29) is 18.6 Å². The maximum atomic E-state index is 12.9. The second-order valence-electron chi connectivity index (χ2n) is 6.63. The lowest BCUT2D eigenvalue weighted by atomic mass is 10.0. The first kappa shape index (κ1) is 19.0. The number of carbonyl (C=O) groups is 2. The van der Waals surface area contributed by atoms with Crippen LogP contribution in [0.2, 0.25) is 0 Å². The predicted octanol–water partition coefficient (Wildman–Crippen LogP) is 1.87. The molecule has 1 aliphatic heterocycles. The summed E-state index contributed by atoms with van der Waals surface area (Å²) in [6, 6.07) is 5.47. The second-order valence-corrected chi connectivity index (χ2v) is 6.63. The highest BCUT2D eigenvalue weighted by Gasteiger charge is 2.27. The molecule has 144 valence electrons. The van der Waals surface area contributed by atoms with Crippen molar-refractivity contribution in [2.45, 2.75) is 40.3 Å². The number of ketones is 1. The number of hydrogen-bond acceptors (Lipinski definition) is 5. The molecule has 0 saturated heterocycles. The molecule has 0 unspecified atom stereocenters. The number of rotatable bonds is 7. The van der Waals surface area contributed by atoms with Crippen molar-refractivity contribution in [2.24, 2.45) is 0 Å². The van der Waals surface area contributed by atoms with Crippen LogP contribution < -0.4 is 14.8 Å². The summed E-state index contributed by atoms with van der Waals surface area (Å²) in [6.45, 7) is 8.33. The second kappa shape index (κ2) is 7.84. The van der Waals surface area contributed by atoms with Crippen LogP contribution in [0.5, 0.6) is 11.5 Å². The Hall–Kier alpha value is -2.80. The number of aromatic nitrogens is 1. The zero-order valence-corrected chi connectivity index (χ0v) is 16.0. The number of benzene rings is 1. The van der Waals surface area contributed by atoms with Gasteiger partial charge in [-0.25, -0.2) is 4.79 Å². The summed E-state index contributed by atoms with van der Waals surface area (Å²) in [5.74, 6) is 1.02. The summed E-state index contributed by atoms with van der Waals surface area (Å²) in [4.78, 5) is 28.0. The number of esters is 1. The number of quaternary nitrogens is 1. The summed E-state index contributed by atoms with van der Waals surface area (Å²) in [6.07, 6.45) is 0. The average Bonchev–Trinajstić information content (AvgIpc) is 3.22. The van der Waals surface area contributed by atoms with Gasteiger partial charge in [-0.05, 0) is 51.5 Å². The minimum atomic E-state index is -0.403. The Bertz CT molecular complexity index is 871. The molecule has 1 aliphatic rings. The van der Waals surface area contributed by atoms with Crippen molar-refractivity contribution in [3.05, 3.63) is 46.3 Å². The van der Waals surface area contributed by atoms with Crippen LogP contribution in [0.1, 0.15) is 51.5 Å². The summed E-state index contributed by atoms with van der Waals surface area (Å²) < 4.78 is 15.8. The van der Waals surface area contributed by atoms with Gasteiger partial charge in [0.05, 0.1) is 17.9 Å². The lowest BCUT2D eigenvalue weighted by Gasteiger charge is -2.10. The van der Waals surface area contributed by atoms with Crippen molar-refractivity contribution >= 4 is 11.8 Å². The van der Waals surface area contributed by atoms with E-state index in [0.717, 1.165) is 17.1 Å². The van der Waals surface area contributed by atoms with E-state index < -0.39 is 5.97 Å². The van der Waals surface area contributed by atoms with Crippen molar-refractivity contribution in [3.63, 3.8) is 0 Å². The van der Waals surface area contributed by atoms with Crippen molar-refractivity contribution in [1.29, 1.82) is 0 Å². The van der Waals surface area contributed by atoms with Crippen LogP contribution in [-0.4, -0.2) is 36.2 Å². The Morgan fingerprint density at radius 1 is 1.26 bits per heavy atom. The van der Waals surface area contributed by atoms with Crippen molar-refractivity contribution < 1.29 is 29.1 Å². The maximum absolute atomic E-state index is 12.9. The first-order chi connectivity index (χ1) is 12.9. The Kier molecular flexibility index (Phi) is 5.51. The quantitative estimate of drug-likeness (QED) is 0.571. The van der Waals surface area contributed by atoms with E-state index in [1.54, 1.807) is 20.8 Å². The summed E-state index contributed by atoms with van der Waals surface area (Å²) in [5, 5.41) is 1.96. The van der Waals surface area contributed by atoms with Crippen molar-refractivity contribution in [2.75, 3.05) is 13.4 Å². The minimum Gasteiger partial charge on any atom is -0.462 e. The van der Waals surface area contributed by atoms with Crippen LogP contribution in [-0.2, 0) is 11.3 Å². The van der Waals surface area contributed by atoms with Gasteiger partial charge >= 0.3 is 5.97 Å². The van der Waals surface area contributed by atoms with E-state index >= 15 is 0 Å². The SMILES string of the molecule is CCOC(=O)c1c(C)[nH]c(C(=O)[C@H](C)[NH2+]Cc2ccc3c(c2)OCO3)c1C. The maximum Gasteiger partial charge on any atom is 0.340 e. The van der Waals surface area contributed by atoms with E-state index in [1.807, 2.05) is 30.4 Å². The molecule has 1 aromatic carbocycles. The molecule has 0 aliphatic carbocycles. The Balaban J connectivity index is 1.68. The van der Waals surface area contributed by atoms with E-state index in [9.17, 15) is 9.59 Å². The fourth-order valence-electron chi connectivity index (χ4n) is 3.22. The Morgan fingerprint density at radius 3 is 2.74 bits per heavy atom. The average molecular weight is 373 g/mol. The topological polar surface area (TPSA) is 94.2 Å². The van der Waals surface area contributed by atoms with Gasteiger partial charge in [-0.1, -0.05) is 0 Å². The fourth-order valence-corrected chi connectivity index (χ4v) is 3.22. The number of ether oxygens (including phenoxy) is 3. The third kappa shape index (κ3) is 3.83. The number of nitrogens with two attached hydrogens (primary N) is 1. The van der Waals surface area contributed by atoms with Crippen LogP contribution in [0.4, 0.5) is 0 Å². The number of fused-ring (bicyclic) bond motifs is 1. The zero-order valence-electron chi connectivity index (χ0n) is 16.0. The normalized spacial score (nSPS) is 13.5. The molecule has 0 fully saturated rings.